The van der Waals surface area contributed by atoms with E-state index in [1.807, 2.05) is 0 Å². The highest BCUT2D eigenvalue weighted by Gasteiger charge is 2.49. The molecule has 1 unspecified atom stereocenters. The SMILES string of the molecule is C=CC(F)(Cl)C(F)(F)I. The number of rotatable bonds is 2. The zero-order chi connectivity index (χ0) is 7.71. The lowest BCUT2D eigenvalue weighted by Crippen LogP contribution is -2.30. The fourth-order valence-corrected chi connectivity index (χ4v) is 0.336. The molecule has 0 aromatic heterocycles. The topological polar surface area (TPSA) is 0 Å². The first-order valence-corrected chi connectivity index (χ1v) is 3.35. The molecule has 0 amide bonds. The highest BCUT2D eigenvalue weighted by Crippen LogP contribution is 2.42. The van der Waals surface area contributed by atoms with Gasteiger partial charge in [0.1, 0.15) is 0 Å². The zero-order valence-electron chi connectivity index (χ0n) is 4.17. The van der Waals surface area contributed by atoms with Gasteiger partial charge in [-0.2, -0.15) is 8.78 Å². The average molecular weight is 270 g/mol. The molecule has 0 aliphatic carbocycles. The van der Waals surface area contributed by atoms with Gasteiger partial charge in [-0.05, 0) is 6.08 Å². The largest absolute Gasteiger partial charge is 0.347 e. The summed E-state index contributed by atoms with van der Waals surface area (Å²) in [6, 6.07) is 0. The predicted molar refractivity (Wildman–Crippen MR) is 38.9 cm³/mol. The molecule has 0 saturated carbocycles. The van der Waals surface area contributed by atoms with E-state index in [4.69, 9.17) is 0 Å². The molecule has 0 aromatic carbocycles. The molecule has 0 rings (SSSR count). The predicted octanol–water partition coefficient (Wildman–Crippen LogP) is 3.10. The van der Waals surface area contributed by atoms with E-state index in [1.54, 1.807) is 0 Å². The lowest BCUT2D eigenvalue weighted by Gasteiger charge is -2.18. The van der Waals surface area contributed by atoms with Crippen molar-refractivity contribution in [3.05, 3.63) is 12.7 Å². The summed E-state index contributed by atoms with van der Waals surface area (Å²) in [5, 5.41) is -3.13. The van der Waals surface area contributed by atoms with Gasteiger partial charge in [-0.25, -0.2) is 4.39 Å². The summed E-state index contributed by atoms with van der Waals surface area (Å²) in [5.74, 6) is 0. The van der Waals surface area contributed by atoms with E-state index < -0.39 is 9.06 Å². The molecule has 0 aliphatic heterocycles. The fourth-order valence-electron chi connectivity index (χ4n) is 0.116. The molecule has 0 fully saturated rings. The smallest absolute Gasteiger partial charge is 0.214 e. The first-order valence-electron chi connectivity index (χ1n) is 1.89. The highest BCUT2D eigenvalue weighted by molar-refractivity contribution is 14.1. The van der Waals surface area contributed by atoms with Crippen LogP contribution in [0.5, 0.6) is 0 Å². The number of halogens is 5. The van der Waals surface area contributed by atoms with Crippen LogP contribution >= 0.6 is 34.2 Å². The molecular formula is C4H3ClF3I. The average Bonchev–Trinajstić information content (AvgIpc) is 1.64. The molecule has 0 aromatic rings. The van der Waals surface area contributed by atoms with Crippen molar-refractivity contribution < 1.29 is 13.2 Å². The number of alkyl halides is 5. The minimum absolute atomic E-state index is 0.362. The van der Waals surface area contributed by atoms with Gasteiger partial charge in [0.2, 0.25) is 0 Å². The van der Waals surface area contributed by atoms with E-state index in [9.17, 15) is 13.2 Å². The quantitative estimate of drug-likeness (QED) is 0.411. The maximum Gasteiger partial charge on any atom is 0.347 e. The first-order chi connectivity index (χ1) is 3.81. The van der Waals surface area contributed by atoms with Crippen LogP contribution in [0.4, 0.5) is 13.2 Å². The van der Waals surface area contributed by atoms with Crippen LogP contribution in [-0.4, -0.2) is 9.06 Å². The molecule has 54 valence electrons. The minimum atomic E-state index is -3.60. The Morgan fingerprint density at radius 1 is 1.44 bits per heavy atom. The maximum atomic E-state index is 12.2. The van der Waals surface area contributed by atoms with Gasteiger partial charge in [0.15, 0.2) is 0 Å². The number of allylic oxidation sites excluding steroid dienone is 1. The Morgan fingerprint density at radius 3 is 1.78 bits per heavy atom. The molecule has 9 heavy (non-hydrogen) atoms. The number of hydrogen-bond donors (Lipinski definition) is 0. The monoisotopic (exact) mass is 270 g/mol. The summed E-state index contributed by atoms with van der Waals surface area (Å²) < 4.78 is 32.4. The zero-order valence-corrected chi connectivity index (χ0v) is 7.09. The third-order valence-electron chi connectivity index (χ3n) is 0.634. The van der Waals surface area contributed by atoms with E-state index in [1.165, 1.54) is 0 Å². The van der Waals surface area contributed by atoms with Crippen molar-refractivity contribution in [3.63, 3.8) is 0 Å². The van der Waals surface area contributed by atoms with Crippen molar-refractivity contribution in [2.75, 3.05) is 0 Å². The van der Waals surface area contributed by atoms with Gasteiger partial charge in [-0.15, -0.1) is 0 Å². The first kappa shape index (κ1) is 9.55. The van der Waals surface area contributed by atoms with Crippen molar-refractivity contribution in [2.45, 2.75) is 9.06 Å². The van der Waals surface area contributed by atoms with E-state index in [2.05, 4.69) is 18.2 Å². The molecule has 1 atom stereocenters. The van der Waals surface area contributed by atoms with Crippen LogP contribution in [0.15, 0.2) is 12.7 Å². The van der Waals surface area contributed by atoms with Gasteiger partial charge >= 0.3 is 3.93 Å². The molecule has 0 spiro atoms. The second-order valence-corrected chi connectivity index (χ2v) is 3.23. The van der Waals surface area contributed by atoms with Crippen LogP contribution in [0.1, 0.15) is 0 Å². The fraction of sp³-hybridized carbons (Fsp3) is 0.500. The Balaban J connectivity index is 4.32. The van der Waals surface area contributed by atoms with Crippen LogP contribution in [0, 0.1) is 0 Å². The van der Waals surface area contributed by atoms with E-state index in [0.29, 0.717) is 28.7 Å². The maximum absolute atomic E-state index is 12.2. The molecule has 0 nitrogen and oxygen atoms in total. The molecule has 0 N–H and O–H groups in total. The van der Waals surface area contributed by atoms with Gasteiger partial charge in [-0.1, -0.05) is 18.2 Å². The molecule has 0 bridgehead atoms. The van der Waals surface area contributed by atoms with Crippen LogP contribution in [0.25, 0.3) is 0 Å². The summed E-state index contributed by atoms with van der Waals surface area (Å²) in [7, 11) is 0. The summed E-state index contributed by atoms with van der Waals surface area (Å²) >= 11 is 5.26. The van der Waals surface area contributed by atoms with Crippen molar-refractivity contribution in [3.8, 4) is 0 Å². The Bertz CT molecular complexity index is 117. The highest BCUT2D eigenvalue weighted by atomic mass is 127. The van der Waals surface area contributed by atoms with E-state index in [0.717, 1.165) is 0 Å². The van der Waals surface area contributed by atoms with Gasteiger partial charge in [-0.3, -0.25) is 0 Å². The van der Waals surface area contributed by atoms with Gasteiger partial charge < -0.3 is 0 Å². The molecular weight excluding hydrogens is 267 g/mol. The van der Waals surface area contributed by atoms with Crippen LogP contribution in [0.2, 0.25) is 0 Å². The summed E-state index contributed by atoms with van der Waals surface area (Å²) in [6.07, 6.45) is 0.362. The Labute approximate surface area is 69.2 Å². The molecule has 0 saturated heterocycles. The third-order valence-corrected chi connectivity index (χ3v) is 2.13. The molecule has 0 heterocycles. The Hall–Kier alpha value is 0.550. The van der Waals surface area contributed by atoms with Crippen molar-refractivity contribution in [1.29, 1.82) is 0 Å². The molecule has 0 aliphatic rings. The molecule has 5 heteroatoms. The second-order valence-electron chi connectivity index (χ2n) is 1.32. The van der Waals surface area contributed by atoms with Gasteiger partial charge in [0.05, 0.1) is 0 Å². The Morgan fingerprint density at radius 2 is 1.78 bits per heavy atom. The van der Waals surface area contributed by atoms with Crippen LogP contribution < -0.4 is 0 Å². The Kier molecular flexibility index (Phi) is 2.82. The van der Waals surface area contributed by atoms with Crippen molar-refractivity contribution in [2.24, 2.45) is 0 Å². The minimum Gasteiger partial charge on any atom is -0.214 e. The summed E-state index contributed by atoms with van der Waals surface area (Å²) in [5.41, 5.74) is 0. The standard InChI is InChI=1S/C4H3ClF3I/c1-2-3(5,6)4(7,8)9/h2H,1H2. The van der Waals surface area contributed by atoms with E-state index >= 15 is 0 Å². The van der Waals surface area contributed by atoms with E-state index in [-0.39, 0.29) is 0 Å². The normalized spacial score (nSPS) is 18.8. The van der Waals surface area contributed by atoms with Crippen molar-refractivity contribution >= 4 is 34.2 Å². The third kappa shape index (κ3) is 2.33. The molecule has 0 radical (unpaired) electrons. The van der Waals surface area contributed by atoms with Crippen molar-refractivity contribution in [1.82, 2.24) is 0 Å². The van der Waals surface area contributed by atoms with Gasteiger partial charge in [0.25, 0.3) is 5.13 Å². The summed E-state index contributed by atoms with van der Waals surface area (Å²) in [4.78, 5) is 0. The lowest BCUT2D eigenvalue weighted by atomic mass is 10.4. The van der Waals surface area contributed by atoms with Crippen LogP contribution in [-0.2, 0) is 0 Å². The summed E-state index contributed by atoms with van der Waals surface area (Å²) in [6.45, 7) is 2.81. The lowest BCUT2D eigenvalue weighted by molar-refractivity contribution is 0.0325. The second kappa shape index (κ2) is 2.65. The van der Waals surface area contributed by atoms with Gasteiger partial charge in [0, 0.05) is 22.6 Å². The number of hydrogen-bond acceptors (Lipinski definition) is 0. The van der Waals surface area contributed by atoms with Crippen LogP contribution in [0.3, 0.4) is 0 Å².